The van der Waals surface area contributed by atoms with Crippen LogP contribution < -0.4 is 4.74 Å². The molecule has 5 nitrogen and oxygen atoms in total. The van der Waals surface area contributed by atoms with Crippen molar-refractivity contribution in [1.82, 2.24) is 9.80 Å². The van der Waals surface area contributed by atoms with Gasteiger partial charge in [-0.15, -0.1) is 0 Å². The van der Waals surface area contributed by atoms with Gasteiger partial charge in [-0.05, 0) is 58.6 Å². The lowest BCUT2D eigenvalue weighted by Crippen LogP contribution is -2.46. The zero-order chi connectivity index (χ0) is 16.8. The van der Waals surface area contributed by atoms with Gasteiger partial charge in [0.25, 0.3) is 5.91 Å². The monoisotopic (exact) mass is 320 g/mol. The normalized spacial score (nSPS) is 18.5. The molecule has 1 aromatic carbocycles. The molecule has 2 rings (SSSR count). The summed E-state index contributed by atoms with van der Waals surface area (Å²) < 4.78 is 11.4. The number of amides is 1. The van der Waals surface area contributed by atoms with Gasteiger partial charge < -0.3 is 19.3 Å². The van der Waals surface area contributed by atoms with E-state index in [0.29, 0.717) is 25.3 Å². The molecule has 23 heavy (non-hydrogen) atoms. The molecule has 0 bridgehead atoms. The fourth-order valence-electron chi connectivity index (χ4n) is 2.61. The Balaban J connectivity index is 1.93. The van der Waals surface area contributed by atoms with Gasteiger partial charge in [-0.25, -0.2) is 0 Å². The summed E-state index contributed by atoms with van der Waals surface area (Å²) in [5.41, 5.74) is 0.703. The van der Waals surface area contributed by atoms with Crippen LogP contribution >= 0.6 is 0 Å². The van der Waals surface area contributed by atoms with Gasteiger partial charge in [0.1, 0.15) is 5.75 Å². The molecule has 1 amide bonds. The lowest BCUT2D eigenvalue weighted by atomic mass is 10.1. The first-order chi connectivity index (χ1) is 11.0. The maximum Gasteiger partial charge on any atom is 0.254 e. The molecule has 1 atom stereocenters. The van der Waals surface area contributed by atoms with Crippen molar-refractivity contribution in [2.24, 2.45) is 0 Å². The van der Waals surface area contributed by atoms with Crippen LogP contribution in [-0.2, 0) is 4.74 Å². The van der Waals surface area contributed by atoms with Crippen LogP contribution in [0.25, 0.3) is 0 Å². The minimum atomic E-state index is 0.0688. The van der Waals surface area contributed by atoms with Gasteiger partial charge in [0.15, 0.2) is 0 Å². The Hall–Kier alpha value is -1.59. The number of hydrogen-bond donors (Lipinski definition) is 0. The Morgan fingerprint density at radius 3 is 2.65 bits per heavy atom. The molecule has 5 heteroatoms. The third-order valence-electron chi connectivity index (χ3n) is 3.80. The number of carbonyl (C=O) groups excluding carboxylic acids is 1. The van der Waals surface area contributed by atoms with E-state index in [1.54, 1.807) is 0 Å². The minimum Gasteiger partial charge on any atom is -0.491 e. The molecule has 1 unspecified atom stereocenters. The second kappa shape index (κ2) is 8.31. The molecule has 1 aliphatic rings. The fourth-order valence-corrected chi connectivity index (χ4v) is 2.61. The number of carbonyl (C=O) groups is 1. The van der Waals surface area contributed by atoms with E-state index in [0.717, 1.165) is 18.7 Å². The lowest BCUT2D eigenvalue weighted by Gasteiger charge is -2.33. The van der Waals surface area contributed by atoms with Crippen molar-refractivity contribution >= 4 is 5.91 Å². The lowest BCUT2D eigenvalue weighted by molar-refractivity contribution is -0.0269. The second-order valence-electron chi connectivity index (χ2n) is 6.53. The number of hydrogen-bond acceptors (Lipinski definition) is 4. The molecule has 1 heterocycles. The molecule has 0 saturated carbocycles. The molecule has 1 aromatic rings. The highest BCUT2D eigenvalue weighted by atomic mass is 16.5. The SMILES string of the molecule is CC(C)Oc1ccc(C(=O)N2CCOC(CCN(C)C)C2)cc1. The third kappa shape index (κ3) is 5.52. The van der Waals surface area contributed by atoms with Crippen molar-refractivity contribution in [2.75, 3.05) is 40.3 Å². The van der Waals surface area contributed by atoms with Gasteiger partial charge in [-0.2, -0.15) is 0 Å². The van der Waals surface area contributed by atoms with Crippen LogP contribution in [0.5, 0.6) is 5.75 Å². The summed E-state index contributed by atoms with van der Waals surface area (Å²) in [6, 6.07) is 7.39. The van der Waals surface area contributed by atoms with Gasteiger partial charge in [0, 0.05) is 25.2 Å². The van der Waals surface area contributed by atoms with Gasteiger partial charge in [-0.3, -0.25) is 4.79 Å². The topological polar surface area (TPSA) is 42.0 Å². The van der Waals surface area contributed by atoms with Crippen LogP contribution in [0.4, 0.5) is 0 Å². The van der Waals surface area contributed by atoms with E-state index in [1.165, 1.54) is 0 Å². The highest BCUT2D eigenvalue weighted by molar-refractivity contribution is 5.94. The Labute approximate surface area is 139 Å². The smallest absolute Gasteiger partial charge is 0.254 e. The minimum absolute atomic E-state index is 0.0688. The molecule has 0 aromatic heterocycles. The molecular weight excluding hydrogens is 292 g/mol. The Morgan fingerprint density at radius 2 is 2.04 bits per heavy atom. The van der Waals surface area contributed by atoms with E-state index in [-0.39, 0.29) is 18.1 Å². The van der Waals surface area contributed by atoms with Gasteiger partial charge in [-0.1, -0.05) is 0 Å². The van der Waals surface area contributed by atoms with Crippen LogP contribution in [0.15, 0.2) is 24.3 Å². The molecule has 0 radical (unpaired) electrons. The third-order valence-corrected chi connectivity index (χ3v) is 3.80. The molecule has 0 N–H and O–H groups in total. The molecule has 1 saturated heterocycles. The molecule has 1 fully saturated rings. The van der Waals surface area contributed by atoms with E-state index in [1.807, 2.05) is 57.1 Å². The van der Waals surface area contributed by atoms with Gasteiger partial charge >= 0.3 is 0 Å². The first kappa shape index (κ1) is 17.8. The average Bonchev–Trinajstić information content (AvgIpc) is 2.53. The zero-order valence-electron chi connectivity index (χ0n) is 14.6. The average molecular weight is 320 g/mol. The van der Waals surface area contributed by atoms with Crippen LogP contribution in [-0.4, -0.2) is 68.3 Å². The second-order valence-corrected chi connectivity index (χ2v) is 6.53. The van der Waals surface area contributed by atoms with Crippen molar-refractivity contribution in [1.29, 1.82) is 0 Å². The standard InChI is InChI=1S/C18H28N2O3/c1-14(2)23-16-7-5-15(6-8-16)18(21)20-11-12-22-17(13-20)9-10-19(3)4/h5-8,14,17H,9-13H2,1-4H3. The highest BCUT2D eigenvalue weighted by Gasteiger charge is 2.25. The Kier molecular flexibility index (Phi) is 6.42. The molecule has 0 spiro atoms. The van der Waals surface area contributed by atoms with Crippen molar-refractivity contribution in [2.45, 2.75) is 32.5 Å². The Bertz CT molecular complexity index is 499. The first-order valence-electron chi connectivity index (χ1n) is 8.28. The van der Waals surface area contributed by atoms with Crippen LogP contribution in [0, 0.1) is 0 Å². The summed E-state index contributed by atoms with van der Waals surface area (Å²) in [7, 11) is 4.10. The molecule has 128 valence electrons. The van der Waals surface area contributed by atoms with E-state index in [9.17, 15) is 4.79 Å². The quantitative estimate of drug-likeness (QED) is 0.806. The van der Waals surface area contributed by atoms with E-state index in [2.05, 4.69) is 4.90 Å². The maximum absolute atomic E-state index is 12.6. The van der Waals surface area contributed by atoms with Crippen LogP contribution in [0.3, 0.4) is 0 Å². The Morgan fingerprint density at radius 1 is 1.35 bits per heavy atom. The predicted octanol–water partition coefficient (Wildman–Crippen LogP) is 2.27. The van der Waals surface area contributed by atoms with Crippen LogP contribution in [0.1, 0.15) is 30.6 Å². The van der Waals surface area contributed by atoms with Crippen molar-refractivity contribution in [3.63, 3.8) is 0 Å². The summed E-state index contributed by atoms with van der Waals surface area (Å²) in [5, 5.41) is 0. The number of rotatable bonds is 6. The van der Waals surface area contributed by atoms with E-state index < -0.39 is 0 Å². The summed E-state index contributed by atoms with van der Waals surface area (Å²) in [5.74, 6) is 0.863. The maximum atomic E-state index is 12.6. The van der Waals surface area contributed by atoms with Gasteiger partial charge in [0.2, 0.25) is 0 Å². The highest BCUT2D eigenvalue weighted by Crippen LogP contribution is 2.17. The first-order valence-corrected chi connectivity index (χ1v) is 8.28. The number of nitrogens with zero attached hydrogens (tertiary/aromatic N) is 2. The summed E-state index contributed by atoms with van der Waals surface area (Å²) in [6.45, 7) is 6.87. The molecule has 1 aliphatic heterocycles. The fraction of sp³-hybridized carbons (Fsp3) is 0.611. The largest absolute Gasteiger partial charge is 0.491 e. The van der Waals surface area contributed by atoms with Crippen LogP contribution in [0.2, 0.25) is 0 Å². The van der Waals surface area contributed by atoms with Crippen molar-refractivity contribution < 1.29 is 14.3 Å². The number of morpholine rings is 1. The molecule has 0 aliphatic carbocycles. The van der Waals surface area contributed by atoms with Crippen molar-refractivity contribution in [3.05, 3.63) is 29.8 Å². The summed E-state index contributed by atoms with van der Waals surface area (Å²) >= 11 is 0. The van der Waals surface area contributed by atoms with E-state index in [4.69, 9.17) is 9.47 Å². The zero-order valence-corrected chi connectivity index (χ0v) is 14.6. The van der Waals surface area contributed by atoms with Crippen molar-refractivity contribution in [3.8, 4) is 5.75 Å². The molecular formula is C18H28N2O3. The van der Waals surface area contributed by atoms with Gasteiger partial charge in [0.05, 0.1) is 18.8 Å². The van der Waals surface area contributed by atoms with E-state index >= 15 is 0 Å². The summed E-state index contributed by atoms with van der Waals surface area (Å²) in [4.78, 5) is 16.7. The number of ether oxygens (including phenoxy) is 2. The summed E-state index contributed by atoms with van der Waals surface area (Å²) in [6.07, 6.45) is 1.20. The predicted molar refractivity (Wildman–Crippen MR) is 91.0 cm³/mol. The number of benzene rings is 1.